The predicted molar refractivity (Wildman–Crippen MR) is 98.5 cm³/mol. The molecule has 0 heterocycles. The minimum Gasteiger partial charge on any atom is -0.444 e. The number of guanidine groups is 1. The van der Waals surface area contributed by atoms with Gasteiger partial charge in [0.2, 0.25) is 0 Å². The van der Waals surface area contributed by atoms with Crippen LogP contribution >= 0.6 is 11.6 Å². The summed E-state index contributed by atoms with van der Waals surface area (Å²) in [6.45, 7) is 7.16. The fraction of sp³-hybridized carbons (Fsp3) is 0.529. The van der Waals surface area contributed by atoms with Crippen LogP contribution in [0.25, 0.3) is 0 Å². The van der Waals surface area contributed by atoms with Crippen molar-refractivity contribution in [1.82, 2.24) is 15.5 Å². The fourth-order valence-electron chi connectivity index (χ4n) is 1.81. The summed E-state index contributed by atoms with van der Waals surface area (Å²) in [5.41, 5.74) is 0.499. The summed E-state index contributed by atoms with van der Waals surface area (Å²) in [6, 6.07) is 7.64. The molecule has 6 nitrogen and oxygen atoms in total. The molecule has 134 valence electrons. The second kappa shape index (κ2) is 9.37. The number of rotatable bonds is 5. The number of carbonyl (C=O) groups is 1. The van der Waals surface area contributed by atoms with Crippen molar-refractivity contribution in [2.75, 3.05) is 27.2 Å². The van der Waals surface area contributed by atoms with Gasteiger partial charge in [0.05, 0.1) is 0 Å². The largest absolute Gasteiger partial charge is 0.444 e. The summed E-state index contributed by atoms with van der Waals surface area (Å²) in [7, 11) is 3.40. The summed E-state index contributed by atoms with van der Waals surface area (Å²) >= 11 is 6.13. The molecular formula is C17H27ClN4O2. The van der Waals surface area contributed by atoms with Gasteiger partial charge in [0.25, 0.3) is 0 Å². The Hall–Kier alpha value is -1.95. The lowest BCUT2D eigenvalue weighted by molar-refractivity contribution is 0.0302. The highest BCUT2D eigenvalue weighted by molar-refractivity contribution is 6.31. The minimum absolute atomic E-state index is 0.344. The highest BCUT2D eigenvalue weighted by Crippen LogP contribution is 2.14. The van der Waals surface area contributed by atoms with Gasteiger partial charge in [0.15, 0.2) is 5.96 Å². The van der Waals surface area contributed by atoms with Gasteiger partial charge < -0.3 is 20.3 Å². The Bertz CT molecular complexity index is 570. The van der Waals surface area contributed by atoms with Gasteiger partial charge in [0.1, 0.15) is 5.60 Å². The van der Waals surface area contributed by atoms with E-state index in [1.807, 2.05) is 45.0 Å². The van der Waals surface area contributed by atoms with Crippen LogP contribution in [0.5, 0.6) is 0 Å². The standard InChI is InChI=1S/C17H27ClN4O2/c1-17(2,3)24-16(23)22(5)11-10-20-15(19-4)21-12-13-8-6-7-9-14(13)18/h6-9H,10-12H2,1-5H3,(H2,19,20,21). The molecule has 2 N–H and O–H groups in total. The number of nitrogens with zero attached hydrogens (tertiary/aromatic N) is 2. The van der Waals surface area contributed by atoms with Gasteiger partial charge in [0, 0.05) is 38.8 Å². The average molecular weight is 355 g/mol. The van der Waals surface area contributed by atoms with E-state index in [4.69, 9.17) is 16.3 Å². The second-order valence-electron chi connectivity index (χ2n) is 6.35. The number of carbonyl (C=O) groups excluding carboxylic acids is 1. The third-order valence-electron chi connectivity index (χ3n) is 3.07. The van der Waals surface area contributed by atoms with Crippen LogP contribution in [0.1, 0.15) is 26.3 Å². The molecule has 0 aliphatic carbocycles. The van der Waals surface area contributed by atoms with Gasteiger partial charge in [-0.05, 0) is 32.4 Å². The summed E-state index contributed by atoms with van der Waals surface area (Å²) < 4.78 is 5.30. The Morgan fingerprint density at radius 1 is 1.29 bits per heavy atom. The van der Waals surface area contributed by atoms with Crippen molar-refractivity contribution in [3.8, 4) is 0 Å². The second-order valence-corrected chi connectivity index (χ2v) is 6.75. The molecule has 0 unspecified atom stereocenters. The molecule has 0 aromatic heterocycles. The van der Waals surface area contributed by atoms with Gasteiger partial charge >= 0.3 is 6.09 Å². The number of nitrogens with one attached hydrogen (secondary N) is 2. The van der Waals surface area contributed by atoms with Crippen LogP contribution in [0.2, 0.25) is 5.02 Å². The van der Waals surface area contributed by atoms with Gasteiger partial charge in [-0.2, -0.15) is 0 Å². The lowest BCUT2D eigenvalue weighted by Gasteiger charge is -2.25. The Morgan fingerprint density at radius 3 is 2.54 bits per heavy atom. The Kier molecular flexibility index (Phi) is 7.85. The lowest BCUT2D eigenvalue weighted by Crippen LogP contribution is -2.42. The fourth-order valence-corrected chi connectivity index (χ4v) is 2.02. The monoisotopic (exact) mass is 354 g/mol. The summed E-state index contributed by atoms with van der Waals surface area (Å²) in [4.78, 5) is 17.5. The number of likely N-dealkylation sites (N-methyl/N-ethyl adjacent to an activating group) is 1. The van der Waals surface area contributed by atoms with Crippen LogP contribution in [0, 0.1) is 0 Å². The molecule has 0 bridgehead atoms. The quantitative estimate of drug-likeness (QED) is 0.630. The Labute approximate surface area is 149 Å². The van der Waals surface area contributed by atoms with Crippen LogP contribution in [-0.4, -0.2) is 49.7 Å². The first-order valence-electron chi connectivity index (χ1n) is 7.85. The zero-order valence-electron chi connectivity index (χ0n) is 15.0. The molecule has 0 saturated heterocycles. The van der Waals surface area contributed by atoms with E-state index in [-0.39, 0.29) is 6.09 Å². The summed E-state index contributed by atoms with van der Waals surface area (Å²) in [6.07, 6.45) is -0.344. The van der Waals surface area contributed by atoms with E-state index < -0.39 is 5.60 Å². The molecule has 0 spiro atoms. The van der Waals surface area contributed by atoms with Crippen LogP contribution < -0.4 is 10.6 Å². The van der Waals surface area contributed by atoms with Crippen LogP contribution in [-0.2, 0) is 11.3 Å². The smallest absolute Gasteiger partial charge is 0.410 e. The first-order chi connectivity index (χ1) is 11.2. The van der Waals surface area contributed by atoms with E-state index in [1.165, 1.54) is 4.90 Å². The topological polar surface area (TPSA) is 66.0 Å². The first kappa shape index (κ1) is 20.1. The number of halogens is 1. The third kappa shape index (κ3) is 7.55. The van der Waals surface area contributed by atoms with E-state index >= 15 is 0 Å². The highest BCUT2D eigenvalue weighted by Gasteiger charge is 2.19. The van der Waals surface area contributed by atoms with Crippen LogP contribution in [0.3, 0.4) is 0 Å². The Morgan fingerprint density at radius 2 is 1.96 bits per heavy atom. The molecule has 0 atom stereocenters. The van der Waals surface area contributed by atoms with E-state index in [1.54, 1.807) is 14.1 Å². The van der Waals surface area contributed by atoms with Crippen molar-refractivity contribution in [2.24, 2.45) is 4.99 Å². The zero-order chi connectivity index (χ0) is 18.2. The summed E-state index contributed by atoms with van der Waals surface area (Å²) in [5, 5.41) is 7.05. The van der Waals surface area contributed by atoms with Crippen molar-refractivity contribution in [1.29, 1.82) is 0 Å². The Balaban J connectivity index is 2.37. The van der Waals surface area contributed by atoms with Crippen molar-refractivity contribution in [2.45, 2.75) is 32.9 Å². The van der Waals surface area contributed by atoms with Crippen molar-refractivity contribution in [3.63, 3.8) is 0 Å². The molecule has 1 aromatic carbocycles. The molecule has 0 aliphatic rings. The van der Waals surface area contributed by atoms with Crippen molar-refractivity contribution >= 4 is 23.7 Å². The minimum atomic E-state index is -0.495. The molecule has 1 aromatic rings. The van der Waals surface area contributed by atoms with Gasteiger partial charge in [-0.25, -0.2) is 4.79 Å². The maximum absolute atomic E-state index is 11.9. The molecule has 1 rings (SSSR count). The van der Waals surface area contributed by atoms with Gasteiger partial charge in [-0.1, -0.05) is 29.8 Å². The molecule has 1 amide bonds. The predicted octanol–water partition coefficient (Wildman–Crippen LogP) is 2.87. The number of hydrogen-bond acceptors (Lipinski definition) is 3. The van der Waals surface area contributed by atoms with Crippen molar-refractivity contribution in [3.05, 3.63) is 34.9 Å². The number of hydrogen-bond donors (Lipinski definition) is 2. The van der Waals surface area contributed by atoms with E-state index in [0.29, 0.717) is 30.6 Å². The number of aliphatic imine (C=N–C) groups is 1. The van der Waals surface area contributed by atoms with Crippen molar-refractivity contribution < 1.29 is 9.53 Å². The normalized spacial score (nSPS) is 11.8. The molecule has 0 aliphatic heterocycles. The van der Waals surface area contributed by atoms with Gasteiger partial charge in [-0.15, -0.1) is 0 Å². The van der Waals surface area contributed by atoms with E-state index in [2.05, 4.69) is 15.6 Å². The highest BCUT2D eigenvalue weighted by atomic mass is 35.5. The SMILES string of the molecule is CN=C(NCCN(C)C(=O)OC(C)(C)C)NCc1ccccc1Cl. The zero-order valence-corrected chi connectivity index (χ0v) is 15.8. The maximum atomic E-state index is 11.9. The number of benzene rings is 1. The van der Waals surface area contributed by atoms with E-state index in [0.717, 1.165) is 5.56 Å². The van der Waals surface area contributed by atoms with E-state index in [9.17, 15) is 4.79 Å². The molecule has 0 fully saturated rings. The molecular weight excluding hydrogens is 328 g/mol. The molecule has 7 heteroatoms. The number of ether oxygens (including phenoxy) is 1. The maximum Gasteiger partial charge on any atom is 0.410 e. The average Bonchev–Trinajstić information content (AvgIpc) is 2.50. The molecule has 0 saturated carbocycles. The summed E-state index contributed by atoms with van der Waals surface area (Å²) in [5.74, 6) is 0.646. The first-order valence-corrected chi connectivity index (χ1v) is 8.23. The molecule has 0 radical (unpaired) electrons. The molecule has 24 heavy (non-hydrogen) atoms. The number of amides is 1. The van der Waals surface area contributed by atoms with Crippen LogP contribution in [0.4, 0.5) is 4.79 Å². The van der Waals surface area contributed by atoms with Crippen LogP contribution in [0.15, 0.2) is 29.3 Å². The lowest BCUT2D eigenvalue weighted by atomic mass is 10.2. The van der Waals surface area contributed by atoms with Gasteiger partial charge in [-0.3, -0.25) is 4.99 Å². The third-order valence-corrected chi connectivity index (χ3v) is 3.44.